The van der Waals surface area contributed by atoms with Gasteiger partial charge in [0.25, 0.3) is 0 Å². The minimum atomic E-state index is -2.43. The van der Waals surface area contributed by atoms with Crippen LogP contribution in [0.5, 0.6) is 0 Å². The summed E-state index contributed by atoms with van der Waals surface area (Å²) in [4.78, 5) is 10.6. The highest BCUT2D eigenvalue weighted by Gasteiger charge is 2.23. The van der Waals surface area contributed by atoms with Gasteiger partial charge in [-0.05, 0) is 12.5 Å². The lowest BCUT2D eigenvalue weighted by Crippen LogP contribution is -2.07. The number of esters is 1. The van der Waals surface area contributed by atoms with Crippen LogP contribution >= 0.6 is 33.2 Å². The molecule has 0 unspecified atom stereocenters. The van der Waals surface area contributed by atoms with Crippen molar-refractivity contribution in [2.24, 2.45) is 0 Å². The van der Waals surface area contributed by atoms with Crippen LogP contribution in [0.25, 0.3) is 0 Å². The van der Waals surface area contributed by atoms with Crippen LogP contribution in [-0.4, -0.2) is 18.6 Å². The molecule has 88 valence electrons. The number of carbonyl (C=O) groups excluding carboxylic acids is 1. The van der Waals surface area contributed by atoms with Gasteiger partial charge in [0.05, 0.1) is 6.61 Å². The molecule has 0 atom stereocenters. The molecule has 0 amide bonds. The first kappa shape index (κ1) is 15.3. The molecule has 0 saturated heterocycles. The average molecular weight is 290 g/mol. The quantitative estimate of drug-likeness (QED) is 0.222. The Kier molecular flexibility index (Phi) is 8.62. The third-order valence-electron chi connectivity index (χ3n) is 1.77. The Hall–Kier alpha value is 0.297. The second-order valence-electron chi connectivity index (χ2n) is 3.15. The third-order valence-corrected chi connectivity index (χ3v) is 4.39. The topological polar surface area (TPSA) is 26.3 Å². The Morgan fingerprint density at radius 2 is 1.80 bits per heavy atom. The van der Waals surface area contributed by atoms with Crippen LogP contribution in [0.4, 0.5) is 0 Å². The predicted molar refractivity (Wildman–Crippen MR) is 67.7 cm³/mol. The number of rotatable bonds is 8. The van der Waals surface area contributed by atoms with Crippen molar-refractivity contribution in [2.75, 3.05) is 6.61 Å². The van der Waals surface area contributed by atoms with E-state index in [4.69, 9.17) is 38.0 Å². The van der Waals surface area contributed by atoms with Crippen LogP contribution in [0.2, 0.25) is 6.04 Å². The lowest BCUT2D eigenvalue weighted by molar-refractivity contribution is -0.137. The van der Waals surface area contributed by atoms with E-state index in [-0.39, 0.29) is 5.97 Å². The lowest BCUT2D eigenvalue weighted by atomic mass is 10.2. The van der Waals surface area contributed by atoms with Crippen molar-refractivity contribution in [3.63, 3.8) is 0 Å². The maximum absolute atomic E-state index is 10.6. The highest BCUT2D eigenvalue weighted by atomic mass is 35.8. The lowest BCUT2D eigenvalue weighted by Gasteiger charge is -2.06. The van der Waals surface area contributed by atoms with E-state index >= 15 is 0 Å². The van der Waals surface area contributed by atoms with E-state index in [9.17, 15) is 4.79 Å². The van der Waals surface area contributed by atoms with Crippen molar-refractivity contribution in [1.29, 1.82) is 0 Å². The summed E-state index contributed by atoms with van der Waals surface area (Å²) in [5, 5.41) is 0. The zero-order valence-corrected chi connectivity index (χ0v) is 11.7. The van der Waals surface area contributed by atoms with Gasteiger partial charge in [0, 0.05) is 6.08 Å². The normalized spacial score (nSPS) is 11.1. The SMILES string of the molecule is C=CC(=O)OCCCCCC[Si](Cl)(Cl)Cl. The van der Waals surface area contributed by atoms with E-state index in [2.05, 4.69) is 6.58 Å². The molecule has 0 spiro atoms. The number of carbonyl (C=O) groups is 1. The maximum atomic E-state index is 10.6. The number of hydrogen-bond donors (Lipinski definition) is 0. The van der Waals surface area contributed by atoms with Crippen molar-refractivity contribution in [1.82, 2.24) is 0 Å². The van der Waals surface area contributed by atoms with E-state index in [1.807, 2.05) is 0 Å². The fraction of sp³-hybridized carbons (Fsp3) is 0.667. The monoisotopic (exact) mass is 288 g/mol. The standard InChI is InChI=1S/C9H15Cl3O2Si/c1-2-9(13)14-7-5-3-4-6-8-15(10,11)12/h2H,1,3-8H2. The van der Waals surface area contributed by atoms with Gasteiger partial charge in [0.2, 0.25) is 0 Å². The molecule has 0 saturated carbocycles. The van der Waals surface area contributed by atoms with Crippen molar-refractivity contribution in [3.05, 3.63) is 12.7 Å². The average Bonchev–Trinajstić information content (AvgIpc) is 2.14. The van der Waals surface area contributed by atoms with Gasteiger partial charge in [-0.1, -0.05) is 25.8 Å². The van der Waals surface area contributed by atoms with Gasteiger partial charge in [-0.2, -0.15) is 0 Å². The molecule has 0 aliphatic carbocycles. The first-order chi connectivity index (χ1) is 6.95. The summed E-state index contributed by atoms with van der Waals surface area (Å²) in [5.41, 5.74) is 0. The summed E-state index contributed by atoms with van der Waals surface area (Å²) >= 11 is 17.2. The summed E-state index contributed by atoms with van der Waals surface area (Å²) in [6.07, 6.45) is 4.93. The molecule has 0 N–H and O–H groups in total. The van der Waals surface area contributed by atoms with Gasteiger partial charge in [0.15, 0.2) is 0 Å². The summed E-state index contributed by atoms with van der Waals surface area (Å²) in [7, 11) is 0. The van der Waals surface area contributed by atoms with E-state index < -0.39 is 6.00 Å². The van der Waals surface area contributed by atoms with Gasteiger partial charge in [-0.3, -0.25) is 0 Å². The van der Waals surface area contributed by atoms with Crippen LogP contribution in [0.1, 0.15) is 25.7 Å². The number of unbranched alkanes of at least 4 members (excludes halogenated alkanes) is 3. The number of halogens is 3. The van der Waals surface area contributed by atoms with Gasteiger partial charge in [0.1, 0.15) is 0 Å². The Labute approximate surface area is 106 Å². The highest BCUT2D eigenvalue weighted by Crippen LogP contribution is 2.27. The molecule has 0 aromatic rings. The molecule has 0 aliphatic heterocycles. The highest BCUT2D eigenvalue weighted by molar-refractivity contribution is 7.64. The van der Waals surface area contributed by atoms with E-state index in [0.717, 1.165) is 31.8 Å². The summed E-state index contributed by atoms with van der Waals surface area (Å²) in [6.45, 7) is 3.74. The van der Waals surface area contributed by atoms with Crippen LogP contribution < -0.4 is 0 Å². The van der Waals surface area contributed by atoms with Gasteiger partial charge in [-0.25, -0.2) is 4.79 Å². The predicted octanol–water partition coefficient (Wildman–Crippen LogP) is 3.93. The van der Waals surface area contributed by atoms with E-state index in [0.29, 0.717) is 12.7 Å². The first-order valence-corrected chi connectivity index (χ1v) is 10.1. The van der Waals surface area contributed by atoms with Crippen LogP contribution in [0.15, 0.2) is 12.7 Å². The molecule has 0 aliphatic rings. The van der Waals surface area contributed by atoms with Crippen LogP contribution in [-0.2, 0) is 9.53 Å². The smallest absolute Gasteiger partial charge is 0.341 e. The number of ether oxygens (including phenoxy) is 1. The molecular weight excluding hydrogens is 275 g/mol. The molecule has 0 bridgehead atoms. The minimum absolute atomic E-state index is 0.372. The molecule has 0 heterocycles. The maximum Gasteiger partial charge on any atom is 0.341 e. The van der Waals surface area contributed by atoms with Gasteiger partial charge < -0.3 is 4.74 Å². The van der Waals surface area contributed by atoms with Crippen molar-refractivity contribution in [2.45, 2.75) is 31.7 Å². The van der Waals surface area contributed by atoms with Crippen molar-refractivity contribution in [3.8, 4) is 0 Å². The summed E-state index contributed by atoms with van der Waals surface area (Å²) < 4.78 is 4.81. The fourth-order valence-corrected chi connectivity index (χ4v) is 2.87. The first-order valence-electron chi connectivity index (χ1n) is 4.81. The zero-order valence-electron chi connectivity index (χ0n) is 8.48. The number of hydrogen-bond acceptors (Lipinski definition) is 2. The molecule has 6 heteroatoms. The molecule has 0 aromatic heterocycles. The van der Waals surface area contributed by atoms with E-state index in [1.165, 1.54) is 0 Å². The second kappa shape index (κ2) is 8.45. The van der Waals surface area contributed by atoms with Crippen molar-refractivity contribution >= 4 is 45.2 Å². The molecule has 15 heavy (non-hydrogen) atoms. The van der Waals surface area contributed by atoms with Gasteiger partial charge in [-0.15, -0.1) is 33.2 Å². The van der Waals surface area contributed by atoms with Crippen LogP contribution in [0.3, 0.4) is 0 Å². The largest absolute Gasteiger partial charge is 0.463 e. The zero-order chi connectivity index (χ0) is 11.7. The third kappa shape index (κ3) is 12.2. The van der Waals surface area contributed by atoms with E-state index in [1.54, 1.807) is 0 Å². The summed E-state index contributed by atoms with van der Waals surface area (Å²) in [5.74, 6) is -0.372. The molecule has 0 radical (unpaired) electrons. The summed E-state index contributed by atoms with van der Waals surface area (Å²) in [6, 6.07) is -1.73. The van der Waals surface area contributed by atoms with Crippen molar-refractivity contribution < 1.29 is 9.53 Å². The molecule has 0 rings (SSSR count). The molecule has 0 aromatic carbocycles. The fourth-order valence-electron chi connectivity index (χ4n) is 1.01. The Bertz CT molecular complexity index is 204. The molecule has 0 fully saturated rings. The minimum Gasteiger partial charge on any atom is -0.463 e. The molecule has 2 nitrogen and oxygen atoms in total. The van der Waals surface area contributed by atoms with Crippen LogP contribution in [0, 0.1) is 0 Å². The molecular formula is C9H15Cl3O2Si. The Morgan fingerprint density at radius 3 is 2.33 bits per heavy atom. The Morgan fingerprint density at radius 1 is 1.20 bits per heavy atom. The van der Waals surface area contributed by atoms with Gasteiger partial charge >= 0.3 is 12.0 Å². The Balaban J connectivity index is 3.19. The second-order valence-corrected chi connectivity index (χ2v) is 12.4.